The summed E-state index contributed by atoms with van der Waals surface area (Å²) in [6.07, 6.45) is 5.35. The second-order valence-electron chi connectivity index (χ2n) is 5.69. The summed E-state index contributed by atoms with van der Waals surface area (Å²) in [7, 11) is 0. The standard InChI is InChI=1S/C16H26N2O/c1-4-17-11-15-16(9-8-13(3)18-15)19-14-7-5-6-12(2)10-14/h8-9,12,14,17H,4-7,10-11H2,1-3H3. The van der Waals surface area contributed by atoms with Gasteiger partial charge < -0.3 is 10.1 Å². The molecule has 0 spiro atoms. The summed E-state index contributed by atoms with van der Waals surface area (Å²) in [5, 5.41) is 3.34. The van der Waals surface area contributed by atoms with E-state index in [1.807, 2.05) is 13.0 Å². The molecule has 1 aliphatic carbocycles. The number of hydrogen-bond donors (Lipinski definition) is 1. The van der Waals surface area contributed by atoms with E-state index in [-0.39, 0.29) is 0 Å². The summed E-state index contributed by atoms with van der Waals surface area (Å²) in [5.74, 6) is 1.75. The molecule has 2 unspecified atom stereocenters. The van der Waals surface area contributed by atoms with E-state index in [1.54, 1.807) is 0 Å². The highest BCUT2D eigenvalue weighted by Gasteiger charge is 2.21. The second kappa shape index (κ2) is 6.90. The van der Waals surface area contributed by atoms with Crippen molar-refractivity contribution in [3.8, 4) is 5.75 Å². The van der Waals surface area contributed by atoms with E-state index in [0.29, 0.717) is 6.10 Å². The van der Waals surface area contributed by atoms with E-state index in [9.17, 15) is 0 Å². The van der Waals surface area contributed by atoms with Gasteiger partial charge in [-0.25, -0.2) is 0 Å². The Morgan fingerprint density at radius 2 is 2.21 bits per heavy atom. The van der Waals surface area contributed by atoms with Gasteiger partial charge in [-0.2, -0.15) is 0 Å². The average molecular weight is 262 g/mol. The number of aromatic nitrogens is 1. The highest BCUT2D eigenvalue weighted by molar-refractivity contribution is 5.29. The first-order valence-electron chi connectivity index (χ1n) is 7.53. The van der Waals surface area contributed by atoms with Gasteiger partial charge in [-0.3, -0.25) is 4.98 Å². The lowest BCUT2D eigenvalue weighted by molar-refractivity contribution is 0.127. The Morgan fingerprint density at radius 1 is 1.37 bits per heavy atom. The number of rotatable bonds is 5. The molecule has 0 amide bonds. The Labute approximate surface area is 116 Å². The first-order chi connectivity index (χ1) is 9.19. The lowest BCUT2D eigenvalue weighted by atomic mass is 9.89. The maximum Gasteiger partial charge on any atom is 0.142 e. The van der Waals surface area contributed by atoms with E-state index >= 15 is 0 Å². The van der Waals surface area contributed by atoms with Crippen LogP contribution in [0, 0.1) is 12.8 Å². The molecule has 0 aliphatic heterocycles. The van der Waals surface area contributed by atoms with E-state index in [2.05, 4.69) is 30.2 Å². The van der Waals surface area contributed by atoms with Crippen LogP contribution in [0.2, 0.25) is 0 Å². The van der Waals surface area contributed by atoms with Crippen molar-refractivity contribution >= 4 is 0 Å². The Bertz CT molecular complexity index is 406. The van der Waals surface area contributed by atoms with Crippen molar-refractivity contribution in [2.45, 2.75) is 59.1 Å². The third-order valence-corrected chi connectivity index (χ3v) is 3.80. The SMILES string of the molecule is CCNCc1nc(C)ccc1OC1CCCC(C)C1. The zero-order valence-electron chi connectivity index (χ0n) is 12.4. The smallest absolute Gasteiger partial charge is 0.142 e. The van der Waals surface area contributed by atoms with Gasteiger partial charge >= 0.3 is 0 Å². The van der Waals surface area contributed by atoms with Crippen LogP contribution < -0.4 is 10.1 Å². The quantitative estimate of drug-likeness (QED) is 0.882. The molecule has 2 atom stereocenters. The fourth-order valence-corrected chi connectivity index (χ4v) is 2.74. The molecule has 0 bridgehead atoms. The van der Waals surface area contributed by atoms with Crippen LogP contribution in [0.5, 0.6) is 5.75 Å². The first kappa shape index (κ1) is 14.3. The van der Waals surface area contributed by atoms with Gasteiger partial charge in [-0.1, -0.05) is 20.3 Å². The molecule has 2 rings (SSSR count). The molecule has 1 heterocycles. The average Bonchev–Trinajstić information content (AvgIpc) is 2.39. The number of hydrogen-bond acceptors (Lipinski definition) is 3. The molecule has 0 saturated heterocycles. The minimum atomic E-state index is 0.369. The summed E-state index contributed by atoms with van der Waals surface area (Å²) in [4.78, 5) is 4.61. The number of nitrogens with one attached hydrogen (secondary N) is 1. The van der Waals surface area contributed by atoms with Crippen molar-refractivity contribution in [2.24, 2.45) is 5.92 Å². The number of pyridine rings is 1. The minimum Gasteiger partial charge on any atom is -0.488 e. The Hall–Kier alpha value is -1.09. The highest BCUT2D eigenvalue weighted by atomic mass is 16.5. The summed E-state index contributed by atoms with van der Waals surface area (Å²) >= 11 is 0. The number of aryl methyl sites for hydroxylation is 1. The van der Waals surface area contributed by atoms with Crippen molar-refractivity contribution in [3.05, 3.63) is 23.5 Å². The predicted octanol–water partition coefficient (Wildman–Crippen LogP) is 3.46. The maximum atomic E-state index is 6.21. The van der Waals surface area contributed by atoms with Gasteiger partial charge in [0.1, 0.15) is 5.75 Å². The van der Waals surface area contributed by atoms with E-state index < -0.39 is 0 Å². The lowest BCUT2D eigenvalue weighted by Gasteiger charge is -2.28. The minimum absolute atomic E-state index is 0.369. The molecule has 1 aliphatic rings. The molecule has 1 aromatic heterocycles. The van der Waals surface area contributed by atoms with Gasteiger partial charge in [-0.15, -0.1) is 0 Å². The molecule has 0 aromatic carbocycles. The maximum absolute atomic E-state index is 6.21. The topological polar surface area (TPSA) is 34.2 Å². The van der Waals surface area contributed by atoms with Gasteiger partial charge in [0.2, 0.25) is 0 Å². The van der Waals surface area contributed by atoms with Gasteiger partial charge in [-0.05, 0) is 50.8 Å². The summed E-state index contributed by atoms with van der Waals surface area (Å²) in [6.45, 7) is 8.20. The van der Waals surface area contributed by atoms with E-state index in [1.165, 1.54) is 25.7 Å². The molecule has 1 fully saturated rings. The van der Waals surface area contributed by atoms with Crippen LogP contribution in [-0.4, -0.2) is 17.6 Å². The molecule has 1 aromatic rings. The van der Waals surface area contributed by atoms with Crippen molar-refractivity contribution in [1.29, 1.82) is 0 Å². The van der Waals surface area contributed by atoms with Crippen molar-refractivity contribution < 1.29 is 4.74 Å². The van der Waals surface area contributed by atoms with Crippen LogP contribution in [0.1, 0.15) is 50.9 Å². The normalized spacial score (nSPS) is 23.3. The number of nitrogens with zero attached hydrogens (tertiary/aromatic N) is 1. The van der Waals surface area contributed by atoms with Gasteiger partial charge in [0, 0.05) is 12.2 Å². The molecule has 1 N–H and O–H groups in total. The largest absolute Gasteiger partial charge is 0.488 e. The molecular formula is C16H26N2O. The first-order valence-corrected chi connectivity index (χ1v) is 7.53. The van der Waals surface area contributed by atoms with Crippen LogP contribution in [0.15, 0.2) is 12.1 Å². The molecule has 3 heteroatoms. The lowest BCUT2D eigenvalue weighted by Crippen LogP contribution is -2.25. The monoisotopic (exact) mass is 262 g/mol. The van der Waals surface area contributed by atoms with Crippen LogP contribution in [0.4, 0.5) is 0 Å². The van der Waals surface area contributed by atoms with E-state index in [4.69, 9.17) is 4.74 Å². The van der Waals surface area contributed by atoms with Crippen molar-refractivity contribution in [2.75, 3.05) is 6.54 Å². The van der Waals surface area contributed by atoms with Crippen molar-refractivity contribution in [3.63, 3.8) is 0 Å². The summed E-state index contributed by atoms with van der Waals surface area (Å²) in [6, 6.07) is 4.12. The molecule has 106 valence electrons. The molecule has 1 saturated carbocycles. The third kappa shape index (κ3) is 4.20. The molecule has 3 nitrogen and oxygen atoms in total. The van der Waals surface area contributed by atoms with Crippen molar-refractivity contribution in [1.82, 2.24) is 10.3 Å². The van der Waals surface area contributed by atoms with Crippen LogP contribution in [0.3, 0.4) is 0 Å². The van der Waals surface area contributed by atoms with Crippen LogP contribution in [-0.2, 0) is 6.54 Å². The molecular weight excluding hydrogens is 236 g/mol. The number of ether oxygens (including phenoxy) is 1. The van der Waals surface area contributed by atoms with Crippen LogP contribution in [0.25, 0.3) is 0 Å². The van der Waals surface area contributed by atoms with Gasteiger partial charge in [0.25, 0.3) is 0 Å². The fraction of sp³-hybridized carbons (Fsp3) is 0.688. The highest BCUT2D eigenvalue weighted by Crippen LogP contribution is 2.28. The molecule has 19 heavy (non-hydrogen) atoms. The van der Waals surface area contributed by atoms with E-state index in [0.717, 1.165) is 36.1 Å². The Morgan fingerprint density at radius 3 is 2.95 bits per heavy atom. The van der Waals surface area contributed by atoms with Crippen LogP contribution >= 0.6 is 0 Å². The second-order valence-corrected chi connectivity index (χ2v) is 5.69. The summed E-state index contributed by atoms with van der Waals surface area (Å²) in [5.41, 5.74) is 2.09. The predicted molar refractivity (Wildman–Crippen MR) is 78.4 cm³/mol. The zero-order chi connectivity index (χ0) is 13.7. The van der Waals surface area contributed by atoms with Gasteiger partial charge in [0.05, 0.1) is 11.8 Å². The summed E-state index contributed by atoms with van der Waals surface area (Å²) < 4.78 is 6.21. The molecule has 0 radical (unpaired) electrons. The third-order valence-electron chi connectivity index (χ3n) is 3.80. The Balaban J connectivity index is 2.05. The zero-order valence-corrected chi connectivity index (χ0v) is 12.4. The van der Waals surface area contributed by atoms with Gasteiger partial charge in [0.15, 0.2) is 0 Å². The Kier molecular flexibility index (Phi) is 5.20. The fourth-order valence-electron chi connectivity index (χ4n) is 2.74.